The van der Waals surface area contributed by atoms with Crippen LogP contribution in [0.4, 0.5) is 11.4 Å². The first-order chi connectivity index (χ1) is 16.2. The number of nitrogens with one attached hydrogen (secondary N) is 2. The molecule has 0 aliphatic heterocycles. The summed E-state index contributed by atoms with van der Waals surface area (Å²) in [6, 6.07) is 15.3. The fourth-order valence-corrected chi connectivity index (χ4v) is 3.51. The monoisotopic (exact) mass is 507 g/mol. The average molecular weight is 508 g/mol. The van der Waals surface area contributed by atoms with Gasteiger partial charge in [-0.1, -0.05) is 12.2 Å². The van der Waals surface area contributed by atoms with Gasteiger partial charge in [0.05, 0.1) is 13.2 Å². The Labute approximate surface area is 223 Å². The number of benzene rings is 2. The number of ether oxygens (including phenoxy) is 2. The third-order valence-electron chi connectivity index (χ3n) is 4.82. The summed E-state index contributed by atoms with van der Waals surface area (Å²) in [6.07, 6.45) is 17.5. The maximum absolute atomic E-state index is 5.40. The summed E-state index contributed by atoms with van der Waals surface area (Å²) in [7, 11) is 0. The maximum Gasteiger partial charge on any atom is 0.175 e. The van der Waals surface area contributed by atoms with Crippen molar-refractivity contribution >= 4 is 28.7 Å². The number of anilines is 2. The van der Waals surface area contributed by atoms with Crippen LogP contribution in [0.5, 0.6) is 11.5 Å². The summed E-state index contributed by atoms with van der Waals surface area (Å²) in [5.74, 6) is 1.69. The molecule has 0 radical (unpaired) electrons. The second-order valence-corrected chi connectivity index (χ2v) is 7.79. The smallest absolute Gasteiger partial charge is 0.175 e. The van der Waals surface area contributed by atoms with Crippen molar-refractivity contribution in [2.45, 2.75) is 26.7 Å². The third kappa shape index (κ3) is 9.64. The van der Waals surface area contributed by atoms with E-state index in [1.807, 2.05) is 62.4 Å². The van der Waals surface area contributed by atoms with Crippen LogP contribution in [0, 0.1) is 6.42 Å². The van der Waals surface area contributed by atoms with Gasteiger partial charge in [-0.05, 0) is 87.4 Å². The molecule has 0 saturated carbocycles. The van der Waals surface area contributed by atoms with Crippen LogP contribution in [0.25, 0.3) is 0 Å². The normalized spacial score (nSPS) is 13.0. The van der Waals surface area contributed by atoms with Gasteiger partial charge in [0, 0.05) is 33.1 Å². The van der Waals surface area contributed by atoms with E-state index in [0.717, 1.165) is 35.7 Å². The van der Waals surface area contributed by atoms with Gasteiger partial charge in [-0.3, -0.25) is 0 Å². The first kappa shape index (κ1) is 27.5. The minimum atomic E-state index is 0. The summed E-state index contributed by atoms with van der Waals surface area (Å²) in [5, 5.41) is 6.80. The molecule has 0 amide bonds. The second kappa shape index (κ2) is 15.2. The van der Waals surface area contributed by atoms with Crippen molar-refractivity contribution < 1.29 is 31.2 Å². The minimum absolute atomic E-state index is 0. The van der Waals surface area contributed by atoms with Crippen molar-refractivity contribution in [3.8, 4) is 11.5 Å². The molecule has 2 aliphatic rings. The summed E-state index contributed by atoms with van der Waals surface area (Å²) in [5.41, 5.74) is 4.68. The maximum atomic E-state index is 5.40. The standard InChI is InChI=1S/C17H20N2O2S.C11H11.Ti/c1-3-20-15-9-5-13(6-10-15)18-17(22)19-14-7-11-16(12-8-14)21-4-2;1-2-6-10(5-1)9-11-7-3-4-8-11;/h5-12H,3-4H2,1-2H3,(H2,18,19,22);1-5,7,9H,6,8H2;/q;-1;. The summed E-state index contributed by atoms with van der Waals surface area (Å²) in [4.78, 5) is 0. The van der Waals surface area contributed by atoms with E-state index >= 15 is 0 Å². The van der Waals surface area contributed by atoms with E-state index in [4.69, 9.17) is 21.7 Å². The Morgan fingerprint density at radius 2 is 1.18 bits per heavy atom. The zero-order chi connectivity index (χ0) is 23.3. The molecule has 2 aromatic rings. The SMILES string of the molecule is C1=CCC([CH-]C2=CC=CC2)=C1.CCOc1ccc(NC(=S)Nc2ccc(OCC)cc2)cc1.[Ti]. The van der Waals surface area contributed by atoms with Crippen molar-refractivity contribution in [1.29, 1.82) is 0 Å². The number of hydrogen-bond donors (Lipinski definition) is 2. The Morgan fingerprint density at radius 3 is 1.50 bits per heavy atom. The van der Waals surface area contributed by atoms with E-state index < -0.39 is 0 Å². The zero-order valence-corrected chi connectivity index (χ0v) is 22.1. The van der Waals surface area contributed by atoms with Crippen LogP contribution in [0.1, 0.15) is 26.7 Å². The molecule has 2 N–H and O–H groups in total. The fraction of sp³-hybridized carbons (Fsp3) is 0.214. The van der Waals surface area contributed by atoms with Gasteiger partial charge in [-0.2, -0.15) is 29.7 Å². The van der Waals surface area contributed by atoms with Gasteiger partial charge < -0.3 is 20.1 Å². The van der Waals surface area contributed by atoms with Gasteiger partial charge in [0.15, 0.2) is 5.11 Å². The van der Waals surface area contributed by atoms with Crippen LogP contribution in [0.3, 0.4) is 0 Å². The molecule has 0 fully saturated rings. The molecule has 2 aromatic carbocycles. The molecule has 0 unspecified atom stereocenters. The molecule has 0 saturated heterocycles. The van der Waals surface area contributed by atoms with Crippen molar-refractivity contribution in [3.63, 3.8) is 0 Å². The molecular weight excluding hydrogens is 476 g/mol. The Morgan fingerprint density at radius 1 is 0.765 bits per heavy atom. The molecule has 0 heterocycles. The second-order valence-electron chi connectivity index (χ2n) is 7.39. The van der Waals surface area contributed by atoms with Gasteiger partial charge in [-0.15, -0.1) is 12.2 Å². The first-order valence-corrected chi connectivity index (χ1v) is 11.7. The predicted octanol–water partition coefficient (Wildman–Crippen LogP) is 7.25. The van der Waals surface area contributed by atoms with Gasteiger partial charge in [-0.25, -0.2) is 0 Å². The molecule has 4 nitrogen and oxygen atoms in total. The fourth-order valence-electron chi connectivity index (χ4n) is 3.28. The molecule has 34 heavy (non-hydrogen) atoms. The van der Waals surface area contributed by atoms with E-state index in [9.17, 15) is 0 Å². The Bertz CT molecular complexity index is 944. The van der Waals surface area contributed by atoms with Crippen molar-refractivity contribution in [3.05, 3.63) is 103 Å². The number of thiocarbonyl (C=S) groups is 1. The van der Waals surface area contributed by atoms with E-state index in [0.29, 0.717) is 18.3 Å². The van der Waals surface area contributed by atoms with Crippen LogP contribution < -0.4 is 20.1 Å². The van der Waals surface area contributed by atoms with Gasteiger partial charge in [0.2, 0.25) is 0 Å². The molecule has 0 bridgehead atoms. The largest absolute Gasteiger partial charge is 0.494 e. The molecule has 6 heteroatoms. The minimum Gasteiger partial charge on any atom is -0.494 e. The van der Waals surface area contributed by atoms with Gasteiger partial charge in [0.1, 0.15) is 11.5 Å². The van der Waals surface area contributed by atoms with Crippen molar-refractivity contribution in [2.24, 2.45) is 0 Å². The molecule has 4 rings (SSSR count). The average Bonchev–Trinajstić information content (AvgIpc) is 3.52. The van der Waals surface area contributed by atoms with Crippen molar-refractivity contribution in [2.75, 3.05) is 23.8 Å². The van der Waals surface area contributed by atoms with Gasteiger partial charge in [0.25, 0.3) is 0 Å². The molecule has 2 aliphatic carbocycles. The predicted molar refractivity (Wildman–Crippen MR) is 143 cm³/mol. The van der Waals surface area contributed by atoms with Crippen LogP contribution in [-0.4, -0.2) is 18.3 Å². The molecular formula is C28H31N2O2STi-. The van der Waals surface area contributed by atoms with E-state index in [1.165, 1.54) is 11.1 Å². The van der Waals surface area contributed by atoms with E-state index in [1.54, 1.807) is 0 Å². The molecule has 0 spiro atoms. The third-order valence-corrected chi connectivity index (χ3v) is 5.02. The quantitative estimate of drug-likeness (QED) is 0.224. The summed E-state index contributed by atoms with van der Waals surface area (Å²) in [6.45, 7) is 5.24. The van der Waals surface area contributed by atoms with E-state index in [2.05, 4.69) is 53.5 Å². The Hall–Kier alpha value is -2.73. The molecule has 176 valence electrons. The number of hydrogen-bond acceptors (Lipinski definition) is 3. The van der Waals surface area contributed by atoms with Gasteiger partial charge >= 0.3 is 0 Å². The summed E-state index contributed by atoms with van der Waals surface area (Å²) < 4.78 is 10.8. The molecule has 0 aromatic heterocycles. The zero-order valence-electron chi connectivity index (χ0n) is 19.7. The van der Waals surface area contributed by atoms with Crippen LogP contribution in [-0.2, 0) is 21.7 Å². The van der Waals surface area contributed by atoms with E-state index in [-0.39, 0.29) is 21.7 Å². The van der Waals surface area contributed by atoms with Crippen LogP contribution >= 0.6 is 12.2 Å². The summed E-state index contributed by atoms with van der Waals surface area (Å²) >= 11 is 5.30. The number of rotatable bonds is 8. The molecule has 0 atom stereocenters. The van der Waals surface area contributed by atoms with Crippen LogP contribution in [0.2, 0.25) is 0 Å². The Balaban J connectivity index is 0.000000284. The number of allylic oxidation sites excluding steroid dienone is 8. The topological polar surface area (TPSA) is 42.5 Å². The Kier molecular flexibility index (Phi) is 12.3. The first-order valence-electron chi connectivity index (χ1n) is 11.3. The van der Waals surface area contributed by atoms with Crippen molar-refractivity contribution in [1.82, 2.24) is 0 Å². The van der Waals surface area contributed by atoms with Crippen LogP contribution in [0.15, 0.2) is 96.1 Å².